The van der Waals surface area contributed by atoms with Crippen LogP contribution in [0.3, 0.4) is 0 Å². The first-order valence-corrected chi connectivity index (χ1v) is 12.6. The molecule has 0 aliphatic rings. The van der Waals surface area contributed by atoms with Gasteiger partial charge in [-0.3, -0.25) is 0 Å². The lowest BCUT2D eigenvalue weighted by molar-refractivity contribution is 1.72. The molecule has 138 valence electrons. The summed E-state index contributed by atoms with van der Waals surface area (Å²) >= 11 is 5.32. The molecule has 4 aromatic rings. The van der Waals surface area contributed by atoms with Crippen molar-refractivity contribution >= 4 is 49.7 Å². The third kappa shape index (κ3) is 4.39. The van der Waals surface area contributed by atoms with Crippen molar-refractivity contribution in [1.29, 1.82) is 0 Å². The fraction of sp³-hybridized carbons (Fsp3) is 0.0400. The smallest absolute Gasteiger partial charge is 0.0577 e. The number of hydrogen-bond acceptors (Lipinski definition) is 1. The molecule has 0 heterocycles. The molecule has 0 aromatic heterocycles. The largest absolute Gasteiger partial charge is 0.165 e. The van der Waals surface area contributed by atoms with Gasteiger partial charge in [-0.05, 0) is 37.1 Å². The van der Waals surface area contributed by atoms with Crippen molar-refractivity contribution < 1.29 is 0 Å². The molecular weight excluding hydrogens is 394 g/mol. The fourth-order valence-corrected chi connectivity index (χ4v) is 11.1. The first kappa shape index (κ1) is 19.4. The summed E-state index contributed by atoms with van der Waals surface area (Å²) in [5, 5.41) is 5.51. The zero-order valence-corrected chi connectivity index (χ0v) is 18.1. The Hall–Kier alpha value is -1.91. The highest BCUT2D eigenvalue weighted by Gasteiger charge is 2.30. The average molecular weight is 416 g/mol. The number of benzene rings is 4. The molecule has 0 saturated heterocycles. The Bertz CT molecular complexity index is 814. The Morgan fingerprint density at radius 3 is 0.821 bits per heavy atom. The molecule has 28 heavy (non-hydrogen) atoms. The minimum atomic E-state index is -0.606. The van der Waals surface area contributed by atoms with Crippen molar-refractivity contribution in [2.24, 2.45) is 0 Å². The van der Waals surface area contributed by atoms with Gasteiger partial charge in [-0.1, -0.05) is 121 Å². The van der Waals surface area contributed by atoms with Crippen molar-refractivity contribution in [3.63, 3.8) is 0 Å². The molecule has 0 fully saturated rings. The maximum Gasteiger partial charge on any atom is 0.0577 e. The first-order chi connectivity index (χ1) is 13.8. The van der Waals surface area contributed by atoms with Crippen LogP contribution in [0.2, 0.25) is 0 Å². The lowest BCUT2D eigenvalue weighted by Gasteiger charge is -2.32. The van der Waals surface area contributed by atoms with Crippen molar-refractivity contribution in [3.8, 4) is 0 Å². The molecule has 0 aliphatic heterocycles. The molecule has 4 aromatic carbocycles. The van der Waals surface area contributed by atoms with Gasteiger partial charge in [0.15, 0.2) is 0 Å². The second kappa shape index (κ2) is 9.53. The van der Waals surface area contributed by atoms with Gasteiger partial charge in [0.25, 0.3) is 0 Å². The van der Waals surface area contributed by atoms with Crippen LogP contribution >= 0.6 is 28.5 Å². The molecule has 0 aliphatic carbocycles. The van der Waals surface area contributed by atoms with Crippen molar-refractivity contribution in [1.82, 2.24) is 0 Å². The van der Waals surface area contributed by atoms with Crippen LogP contribution < -0.4 is 21.2 Å². The van der Waals surface area contributed by atoms with Gasteiger partial charge in [0.1, 0.15) is 0 Å². The van der Waals surface area contributed by atoms with E-state index in [4.69, 9.17) is 12.6 Å². The zero-order chi connectivity index (χ0) is 19.2. The van der Waals surface area contributed by atoms with Crippen LogP contribution in [0.1, 0.15) is 0 Å². The average Bonchev–Trinajstić information content (AvgIpc) is 2.77. The van der Waals surface area contributed by atoms with Gasteiger partial charge >= 0.3 is 0 Å². The predicted molar refractivity (Wildman–Crippen MR) is 131 cm³/mol. The third-order valence-corrected chi connectivity index (χ3v) is 11.7. The second-order valence-corrected chi connectivity index (χ2v) is 12.7. The molecule has 0 nitrogen and oxygen atoms in total. The topological polar surface area (TPSA) is 0 Å². The third-order valence-electron chi connectivity index (χ3n) is 4.60. The molecular formula is C25H22P2S. The Balaban J connectivity index is 1.84. The van der Waals surface area contributed by atoms with Gasteiger partial charge in [0, 0.05) is 0 Å². The Labute approximate surface area is 175 Å². The van der Waals surface area contributed by atoms with Crippen LogP contribution in [0.15, 0.2) is 121 Å². The molecule has 0 saturated carbocycles. The summed E-state index contributed by atoms with van der Waals surface area (Å²) < 4.78 is 0.222. The Morgan fingerprint density at radius 1 is 0.393 bits per heavy atom. The Kier molecular flexibility index (Phi) is 6.61. The first-order valence-electron chi connectivity index (χ1n) is 9.31. The number of rotatable bonds is 6. The molecule has 0 N–H and O–H groups in total. The van der Waals surface area contributed by atoms with E-state index in [2.05, 4.69) is 121 Å². The zero-order valence-electron chi connectivity index (χ0n) is 15.5. The fourth-order valence-electron chi connectivity index (χ4n) is 3.30. The minimum Gasteiger partial charge on any atom is -0.165 e. The SMILES string of the molecule is SC(P(c1ccccc1)c1ccccc1)P(c1ccccc1)c1ccccc1. The van der Waals surface area contributed by atoms with Crippen LogP contribution in [-0.4, -0.2) is 4.73 Å². The van der Waals surface area contributed by atoms with Crippen LogP contribution in [-0.2, 0) is 0 Å². The van der Waals surface area contributed by atoms with E-state index in [1.54, 1.807) is 0 Å². The summed E-state index contributed by atoms with van der Waals surface area (Å²) in [5.41, 5.74) is 0. The van der Waals surface area contributed by atoms with Crippen molar-refractivity contribution in [2.75, 3.05) is 0 Å². The van der Waals surface area contributed by atoms with E-state index in [1.807, 2.05) is 0 Å². The van der Waals surface area contributed by atoms with Gasteiger partial charge in [-0.25, -0.2) is 0 Å². The van der Waals surface area contributed by atoms with E-state index >= 15 is 0 Å². The summed E-state index contributed by atoms with van der Waals surface area (Å²) in [4.78, 5) is 0. The van der Waals surface area contributed by atoms with E-state index in [9.17, 15) is 0 Å². The molecule has 0 spiro atoms. The van der Waals surface area contributed by atoms with Crippen LogP contribution in [0.4, 0.5) is 0 Å². The molecule has 0 bridgehead atoms. The highest BCUT2D eigenvalue weighted by molar-refractivity contribution is 8.07. The molecule has 0 atom stereocenters. The number of hydrogen-bond donors (Lipinski definition) is 1. The lowest BCUT2D eigenvalue weighted by atomic mass is 10.4. The van der Waals surface area contributed by atoms with E-state index < -0.39 is 15.8 Å². The van der Waals surface area contributed by atoms with E-state index in [-0.39, 0.29) is 4.73 Å². The summed E-state index contributed by atoms with van der Waals surface area (Å²) in [6, 6.07) is 43.5. The molecule has 0 radical (unpaired) electrons. The van der Waals surface area contributed by atoms with Gasteiger partial charge in [-0.2, -0.15) is 12.6 Å². The maximum absolute atomic E-state index is 5.32. The van der Waals surface area contributed by atoms with Crippen LogP contribution in [0, 0.1) is 0 Å². The predicted octanol–water partition coefficient (Wildman–Crippen LogP) is 5.47. The monoisotopic (exact) mass is 416 g/mol. The van der Waals surface area contributed by atoms with Gasteiger partial charge in [0.2, 0.25) is 0 Å². The quantitative estimate of drug-likeness (QED) is 0.313. The van der Waals surface area contributed by atoms with Crippen LogP contribution in [0.25, 0.3) is 0 Å². The minimum absolute atomic E-state index is 0.222. The standard InChI is InChI=1S/C25H22P2S/c28-25(26(21-13-5-1-6-14-21)22-15-7-2-8-16-22)27(23-17-9-3-10-18-23)24-19-11-4-12-20-24/h1-20,25,28H. The van der Waals surface area contributed by atoms with E-state index in [0.717, 1.165) is 0 Å². The van der Waals surface area contributed by atoms with Gasteiger partial charge in [0.05, 0.1) is 4.73 Å². The van der Waals surface area contributed by atoms with E-state index in [0.29, 0.717) is 0 Å². The summed E-state index contributed by atoms with van der Waals surface area (Å²) in [6.45, 7) is 0. The number of thiol groups is 1. The van der Waals surface area contributed by atoms with Gasteiger partial charge in [-0.15, -0.1) is 0 Å². The second-order valence-electron chi connectivity index (χ2n) is 6.43. The van der Waals surface area contributed by atoms with Gasteiger partial charge < -0.3 is 0 Å². The normalized spacial score (nSPS) is 11.3. The summed E-state index contributed by atoms with van der Waals surface area (Å²) in [5.74, 6) is 0. The molecule has 0 unspecified atom stereocenters. The van der Waals surface area contributed by atoms with Crippen LogP contribution in [0.5, 0.6) is 0 Å². The summed E-state index contributed by atoms with van der Waals surface area (Å²) in [6.07, 6.45) is 0. The lowest BCUT2D eigenvalue weighted by Crippen LogP contribution is -2.24. The molecule has 4 rings (SSSR count). The highest BCUT2D eigenvalue weighted by atomic mass is 32.1. The highest BCUT2D eigenvalue weighted by Crippen LogP contribution is 2.57. The van der Waals surface area contributed by atoms with E-state index in [1.165, 1.54) is 21.2 Å². The molecule has 0 amide bonds. The summed E-state index contributed by atoms with van der Waals surface area (Å²) in [7, 11) is -1.21. The maximum atomic E-state index is 5.32. The molecule has 3 heteroatoms. The van der Waals surface area contributed by atoms with Crippen molar-refractivity contribution in [2.45, 2.75) is 4.73 Å². The Morgan fingerprint density at radius 2 is 0.607 bits per heavy atom. The van der Waals surface area contributed by atoms with Crippen molar-refractivity contribution in [3.05, 3.63) is 121 Å².